The number of cyclic esters (lactones) is 1. The molecule has 1 aliphatic heterocycles. The number of hydrogen-bond acceptors (Lipinski definition) is 4. The van der Waals surface area contributed by atoms with Crippen molar-refractivity contribution in [2.45, 2.75) is 19.4 Å². The van der Waals surface area contributed by atoms with Crippen LogP contribution in [-0.2, 0) is 20.9 Å². The predicted molar refractivity (Wildman–Crippen MR) is 97.5 cm³/mol. The highest BCUT2D eigenvalue weighted by Crippen LogP contribution is 2.26. The second-order valence-corrected chi connectivity index (χ2v) is 6.45. The SMILES string of the molecule is O=C(CC1COC(=O)C1)Nc1ccc(NCc2ccccc2)c(Cl)c1. The fourth-order valence-corrected chi connectivity index (χ4v) is 2.95. The summed E-state index contributed by atoms with van der Waals surface area (Å²) in [6, 6.07) is 15.4. The van der Waals surface area contributed by atoms with Crippen LogP contribution in [0, 0.1) is 5.92 Å². The van der Waals surface area contributed by atoms with Gasteiger partial charge in [0.2, 0.25) is 5.91 Å². The molecule has 1 amide bonds. The first kappa shape index (κ1) is 17.3. The van der Waals surface area contributed by atoms with Gasteiger partial charge in [-0.3, -0.25) is 9.59 Å². The van der Waals surface area contributed by atoms with E-state index in [1.54, 1.807) is 12.1 Å². The number of anilines is 2. The molecule has 1 atom stereocenters. The Balaban J connectivity index is 1.54. The number of rotatable bonds is 6. The van der Waals surface area contributed by atoms with Crippen molar-refractivity contribution in [1.29, 1.82) is 0 Å². The van der Waals surface area contributed by atoms with Crippen molar-refractivity contribution in [1.82, 2.24) is 0 Å². The molecule has 0 aromatic heterocycles. The number of benzene rings is 2. The molecule has 1 unspecified atom stereocenters. The predicted octanol–water partition coefficient (Wildman–Crippen LogP) is 3.84. The number of esters is 1. The van der Waals surface area contributed by atoms with Crippen LogP contribution in [-0.4, -0.2) is 18.5 Å². The van der Waals surface area contributed by atoms with Crippen LogP contribution in [0.1, 0.15) is 18.4 Å². The summed E-state index contributed by atoms with van der Waals surface area (Å²) in [6.45, 7) is 0.983. The second-order valence-electron chi connectivity index (χ2n) is 6.04. The standard InChI is InChI=1S/C19H19ClN2O3/c20-16-10-15(22-18(23)8-14-9-19(24)25-12-14)6-7-17(16)21-11-13-4-2-1-3-5-13/h1-7,10,14,21H,8-9,11-12H2,(H,22,23). The lowest BCUT2D eigenvalue weighted by Crippen LogP contribution is -2.16. The lowest BCUT2D eigenvalue weighted by atomic mass is 10.0. The summed E-state index contributed by atoms with van der Waals surface area (Å²) in [5.41, 5.74) is 2.59. The largest absolute Gasteiger partial charge is 0.465 e. The average molecular weight is 359 g/mol. The Labute approximate surface area is 151 Å². The average Bonchev–Trinajstić information content (AvgIpc) is 2.99. The first-order valence-corrected chi connectivity index (χ1v) is 8.51. The summed E-state index contributed by atoms with van der Waals surface area (Å²) in [4.78, 5) is 23.1. The zero-order valence-electron chi connectivity index (χ0n) is 13.6. The summed E-state index contributed by atoms with van der Waals surface area (Å²) in [6.07, 6.45) is 0.563. The Kier molecular flexibility index (Phi) is 5.56. The molecule has 0 saturated carbocycles. The first-order valence-electron chi connectivity index (χ1n) is 8.13. The highest BCUT2D eigenvalue weighted by atomic mass is 35.5. The quantitative estimate of drug-likeness (QED) is 0.770. The van der Waals surface area contributed by atoms with E-state index in [4.69, 9.17) is 16.3 Å². The van der Waals surface area contributed by atoms with Crippen LogP contribution in [0.2, 0.25) is 5.02 Å². The first-order chi connectivity index (χ1) is 12.1. The van der Waals surface area contributed by atoms with Gasteiger partial charge in [-0.2, -0.15) is 0 Å². The van der Waals surface area contributed by atoms with Gasteiger partial charge in [-0.15, -0.1) is 0 Å². The normalized spacial score (nSPS) is 16.4. The minimum atomic E-state index is -0.241. The van der Waals surface area contributed by atoms with Crippen LogP contribution in [0.4, 0.5) is 11.4 Å². The van der Waals surface area contributed by atoms with Crippen LogP contribution in [0.15, 0.2) is 48.5 Å². The monoisotopic (exact) mass is 358 g/mol. The van der Waals surface area contributed by atoms with Crippen LogP contribution in [0.5, 0.6) is 0 Å². The van der Waals surface area contributed by atoms with Crippen LogP contribution in [0.25, 0.3) is 0 Å². The van der Waals surface area contributed by atoms with E-state index in [-0.39, 0.29) is 24.2 Å². The van der Waals surface area contributed by atoms with Gasteiger partial charge in [0.15, 0.2) is 0 Å². The van der Waals surface area contributed by atoms with E-state index in [1.165, 1.54) is 0 Å². The summed E-state index contributed by atoms with van der Waals surface area (Å²) < 4.78 is 4.87. The maximum Gasteiger partial charge on any atom is 0.306 e. The minimum Gasteiger partial charge on any atom is -0.465 e. The van der Waals surface area contributed by atoms with Crippen molar-refractivity contribution in [3.05, 3.63) is 59.1 Å². The molecular weight excluding hydrogens is 340 g/mol. The van der Waals surface area contributed by atoms with Crippen LogP contribution in [0.3, 0.4) is 0 Å². The molecule has 2 aromatic rings. The number of ether oxygens (including phenoxy) is 1. The van der Waals surface area contributed by atoms with E-state index in [0.717, 1.165) is 11.3 Å². The molecule has 0 spiro atoms. The molecule has 1 fully saturated rings. The van der Waals surface area contributed by atoms with E-state index in [1.807, 2.05) is 36.4 Å². The van der Waals surface area contributed by atoms with Gasteiger partial charge in [0.1, 0.15) is 0 Å². The van der Waals surface area contributed by atoms with Gasteiger partial charge in [0.05, 0.1) is 23.7 Å². The number of amides is 1. The molecule has 1 heterocycles. The van der Waals surface area contributed by atoms with Crippen LogP contribution < -0.4 is 10.6 Å². The van der Waals surface area contributed by atoms with Crippen molar-refractivity contribution >= 4 is 34.9 Å². The molecule has 2 aromatic carbocycles. The molecule has 5 nitrogen and oxygen atoms in total. The van der Waals surface area contributed by atoms with E-state index in [2.05, 4.69) is 10.6 Å². The Bertz CT molecular complexity index is 765. The van der Waals surface area contributed by atoms with E-state index >= 15 is 0 Å². The smallest absolute Gasteiger partial charge is 0.306 e. The molecular formula is C19H19ClN2O3. The maximum atomic E-state index is 12.0. The molecule has 1 saturated heterocycles. The zero-order chi connectivity index (χ0) is 17.6. The van der Waals surface area contributed by atoms with Gasteiger partial charge in [-0.1, -0.05) is 41.9 Å². The Morgan fingerprint density at radius 2 is 2.00 bits per heavy atom. The number of nitrogens with one attached hydrogen (secondary N) is 2. The Morgan fingerprint density at radius 1 is 1.20 bits per heavy atom. The Morgan fingerprint density at radius 3 is 2.68 bits per heavy atom. The minimum absolute atomic E-state index is 0.0465. The molecule has 0 aliphatic carbocycles. The number of carbonyl (C=O) groups is 2. The third kappa shape index (κ3) is 4.97. The van der Waals surface area contributed by atoms with E-state index in [0.29, 0.717) is 30.3 Å². The summed E-state index contributed by atoms with van der Waals surface area (Å²) in [5.74, 6) is -0.436. The molecule has 6 heteroatoms. The lowest BCUT2D eigenvalue weighted by molar-refractivity contribution is -0.138. The van der Waals surface area contributed by atoms with Crippen LogP contribution >= 0.6 is 11.6 Å². The highest BCUT2D eigenvalue weighted by Gasteiger charge is 2.25. The fourth-order valence-electron chi connectivity index (χ4n) is 2.70. The van der Waals surface area contributed by atoms with Crippen molar-refractivity contribution in [2.24, 2.45) is 5.92 Å². The van der Waals surface area contributed by atoms with Crippen molar-refractivity contribution < 1.29 is 14.3 Å². The molecule has 25 heavy (non-hydrogen) atoms. The lowest BCUT2D eigenvalue weighted by Gasteiger charge is -2.12. The fraction of sp³-hybridized carbons (Fsp3) is 0.263. The molecule has 3 rings (SSSR count). The van der Waals surface area contributed by atoms with E-state index in [9.17, 15) is 9.59 Å². The van der Waals surface area contributed by atoms with Gasteiger partial charge in [-0.05, 0) is 23.8 Å². The molecule has 0 bridgehead atoms. The van der Waals surface area contributed by atoms with Gasteiger partial charge in [-0.25, -0.2) is 0 Å². The van der Waals surface area contributed by atoms with Crippen molar-refractivity contribution in [2.75, 3.05) is 17.2 Å². The van der Waals surface area contributed by atoms with Crippen molar-refractivity contribution in [3.63, 3.8) is 0 Å². The summed E-state index contributed by atoms with van der Waals surface area (Å²) in [7, 11) is 0. The van der Waals surface area contributed by atoms with Gasteiger partial charge >= 0.3 is 5.97 Å². The van der Waals surface area contributed by atoms with Crippen molar-refractivity contribution in [3.8, 4) is 0 Å². The number of carbonyl (C=O) groups excluding carboxylic acids is 2. The van der Waals surface area contributed by atoms with Gasteiger partial charge < -0.3 is 15.4 Å². The van der Waals surface area contributed by atoms with Gasteiger partial charge in [0.25, 0.3) is 0 Å². The molecule has 1 aliphatic rings. The molecule has 2 N–H and O–H groups in total. The molecule has 0 radical (unpaired) electrons. The highest BCUT2D eigenvalue weighted by molar-refractivity contribution is 6.33. The Hall–Kier alpha value is -2.53. The summed E-state index contributed by atoms with van der Waals surface area (Å²) >= 11 is 6.29. The summed E-state index contributed by atoms with van der Waals surface area (Å²) in [5, 5.41) is 6.62. The topological polar surface area (TPSA) is 67.4 Å². The molecule has 130 valence electrons. The zero-order valence-corrected chi connectivity index (χ0v) is 14.4. The van der Waals surface area contributed by atoms with Gasteiger partial charge in [0, 0.05) is 24.6 Å². The second kappa shape index (κ2) is 8.03. The number of halogens is 1. The maximum absolute atomic E-state index is 12.0. The third-order valence-electron chi connectivity index (χ3n) is 3.99. The third-order valence-corrected chi connectivity index (χ3v) is 4.30. The number of hydrogen-bond donors (Lipinski definition) is 2. The van der Waals surface area contributed by atoms with E-state index < -0.39 is 0 Å².